The highest BCUT2D eigenvalue weighted by molar-refractivity contribution is 5.72. The van der Waals surface area contributed by atoms with Gasteiger partial charge in [0.2, 0.25) is 0 Å². The maximum Gasteiger partial charge on any atom is 0.311 e. The first kappa shape index (κ1) is 23.3. The van der Waals surface area contributed by atoms with Gasteiger partial charge in [-0.15, -0.1) is 0 Å². The zero-order valence-corrected chi connectivity index (χ0v) is 18.7. The molecule has 1 saturated carbocycles. The predicted octanol–water partition coefficient (Wildman–Crippen LogP) is 3.25. The molecule has 3 aliphatic rings. The van der Waals surface area contributed by atoms with E-state index in [1.54, 1.807) is 13.8 Å². The molecule has 0 amide bonds. The summed E-state index contributed by atoms with van der Waals surface area (Å²) in [6, 6.07) is 0. The Hall–Kier alpha value is -1.40. The van der Waals surface area contributed by atoms with Crippen LogP contribution in [0.15, 0.2) is 12.2 Å². The molecule has 0 bridgehead atoms. The molecule has 0 radical (unpaired) electrons. The molecule has 3 rings (SSSR count). The standard InChI is InChI=1S/C24H38O6/c1-13-9-17-6-5-14(2)20(8-7-19-11-18(26)12-22(27)29-19)23(17)21(10-13)30-24(28)15(3)16(4)25/h5-6,13-21,23,25-26H,7-12H2,1-4H3/t13-,14-,15-,16-,17+,18+,19-,20-,21-,23-/m0/s1. The summed E-state index contributed by atoms with van der Waals surface area (Å²) in [6.07, 6.45) is 6.92. The van der Waals surface area contributed by atoms with Gasteiger partial charge in [-0.1, -0.05) is 26.0 Å². The van der Waals surface area contributed by atoms with E-state index < -0.39 is 18.1 Å². The number of hydrogen-bond acceptors (Lipinski definition) is 6. The van der Waals surface area contributed by atoms with Crippen LogP contribution in [0.1, 0.15) is 66.2 Å². The number of ether oxygens (including phenoxy) is 2. The molecule has 0 spiro atoms. The average Bonchev–Trinajstić information content (AvgIpc) is 2.65. The van der Waals surface area contributed by atoms with Crippen LogP contribution in [0.2, 0.25) is 0 Å². The van der Waals surface area contributed by atoms with E-state index in [0.29, 0.717) is 30.1 Å². The minimum absolute atomic E-state index is 0.0845. The Balaban J connectivity index is 1.72. The predicted molar refractivity (Wildman–Crippen MR) is 112 cm³/mol. The summed E-state index contributed by atoms with van der Waals surface area (Å²) < 4.78 is 11.5. The number of rotatable bonds is 6. The summed E-state index contributed by atoms with van der Waals surface area (Å²) in [5, 5.41) is 19.7. The molecule has 2 aliphatic carbocycles. The summed E-state index contributed by atoms with van der Waals surface area (Å²) in [6.45, 7) is 7.74. The van der Waals surface area contributed by atoms with Crippen LogP contribution in [0.25, 0.3) is 0 Å². The van der Waals surface area contributed by atoms with Crippen LogP contribution in [0.3, 0.4) is 0 Å². The third-order valence-corrected chi connectivity index (χ3v) is 7.48. The molecule has 0 unspecified atom stereocenters. The SMILES string of the molecule is C[C@H]1C[C@H]2C=C[C@H](C)[C@H](CC[C@H]3C[C@@H](O)CC(=O)O3)[C@H]2[C@@H](OC(=O)[C@@H](C)[C@H](C)O)C1. The molecule has 6 heteroatoms. The van der Waals surface area contributed by atoms with Gasteiger partial charge < -0.3 is 19.7 Å². The van der Waals surface area contributed by atoms with E-state index >= 15 is 0 Å². The molecule has 0 aromatic carbocycles. The Kier molecular flexibility index (Phi) is 7.61. The maximum absolute atomic E-state index is 12.6. The lowest BCUT2D eigenvalue weighted by Gasteiger charge is -2.47. The minimum Gasteiger partial charge on any atom is -0.462 e. The van der Waals surface area contributed by atoms with Crippen molar-refractivity contribution in [3.63, 3.8) is 0 Å². The third-order valence-electron chi connectivity index (χ3n) is 7.48. The fraction of sp³-hybridized carbons (Fsp3) is 0.833. The summed E-state index contributed by atoms with van der Waals surface area (Å²) in [5.74, 6) is 0.554. The number of esters is 2. The van der Waals surface area contributed by atoms with Gasteiger partial charge in [0.15, 0.2) is 0 Å². The highest BCUT2D eigenvalue weighted by Gasteiger charge is 2.45. The van der Waals surface area contributed by atoms with Gasteiger partial charge in [0, 0.05) is 12.3 Å². The van der Waals surface area contributed by atoms with Crippen LogP contribution in [0.5, 0.6) is 0 Å². The Morgan fingerprint density at radius 3 is 2.60 bits per heavy atom. The molecule has 0 aromatic rings. The molecule has 1 saturated heterocycles. The molecule has 0 aromatic heterocycles. The minimum atomic E-state index is -0.734. The first-order valence-electron chi connectivity index (χ1n) is 11.6. The molecule has 1 aliphatic heterocycles. The van der Waals surface area contributed by atoms with Crippen molar-refractivity contribution in [2.24, 2.45) is 35.5 Å². The van der Waals surface area contributed by atoms with Gasteiger partial charge in [-0.3, -0.25) is 9.59 Å². The third kappa shape index (κ3) is 5.44. The summed E-state index contributed by atoms with van der Waals surface area (Å²) in [4.78, 5) is 24.3. The van der Waals surface area contributed by atoms with Crippen LogP contribution in [-0.4, -0.2) is 46.6 Å². The van der Waals surface area contributed by atoms with Crippen LogP contribution in [-0.2, 0) is 19.1 Å². The normalized spacial score (nSPS) is 40.8. The van der Waals surface area contributed by atoms with E-state index in [9.17, 15) is 19.8 Å². The molecule has 2 fully saturated rings. The van der Waals surface area contributed by atoms with Gasteiger partial charge in [0.05, 0.1) is 24.5 Å². The number of carbonyl (C=O) groups is 2. The van der Waals surface area contributed by atoms with Crippen LogP contribution in [0, 0.1) is 35.5 Å². The molecule has 10 atom stereocenters. The van der Waals surface area contributed by atoms with Crippen molar-refractivity contribution in [3.8, 4) is 0 Å². The zero-order chi connectivity index (χ0) is 22.0. The Bertz CT molecular complexity index is 644. The molecule has 2 N–H and O–H groups in total. The first-order valence-corrected chi connectivity index (χ1v) is 11.6. The van der Waals surface area contributed by atoms with E-state index in [2.05, 4.69) is 26.0 Å². The van der Waals surface area contributed by atoms with Crippen molar-refractivity contribution in [2.75, 3.05) is 0 Å². The second kappa shape index (κ2) is 9.82. The molecular formula is C24H38O6. The number of aliphatic hydroxyl groups is 2. The van der Waals surface area contributed by atoms with Crippen molar-refractivity contribution >= 4 is 11.9 Å². The number of cyclic esters (lactones) is 1. The first-order chi connectivity index (χ1) is 14.2. The zero-order valence-electron chi connectivity index (χ0n) is 18.7. The van der Waals surface area contributed by atoms with Crippen LogP contribution in [0.4, 0.5) is 0 Å². The Labute approximate surface area is 180 Å². The molecule has 170 valence electrons. The highest BCUT2D eigenvalue weighted by Crippen LogP contribution is 2.48. The fourth-order valence-electron chi connectivity index (χ4n) is 5.61. The van der Waals surface area contributed by atoms with Gasteiger partial charge in [-0.25, -0.2) is 0 Å². The quantitative estimate of drug-likeness (QED) is 0.504. The molecule has 30 heavy (non-hydrogen) atoms. The van der Waals surface area contributed by atoms with Crippen molar-refractivity contribution < 1.29 is 29.3 Å². The number of fused-ring (bicyclic) bond motifs is 1. The Morgan fingerprint density at radius 2 is 1.93 bits per heavy atom. The number of aliphatic hydroxyl groups excluding tert-OH is 2. The molecule has 1 heterocycles. The lowest BCUT2D eigenvalue weighted by Crippen LogP contribution is -2.46. The van der Waals surface area contributed by atoms with Gasteiger partial charge in [-0.05, 0) is 63.2 Å². The second-order valence-electron chi connectivity index (χ2n) is 10.0. The van der Waals surface area contributed by atoms with Crippen molar-refractivity contribution in [1.29, 1.82) is 0 Å². The molecule has 6 nitrogen and oxygen atoms in total. The van der Waals surface area contributed by atoms with Crippen LogP contribution >= 0.6 is 0 Å². The van der Waals surface area contributed by atoms with Crippen LogP contribution < -0.4 is 0 Å². The number of hydrogen-bond donors (Lipinski definition) is 2. The fourth-order valence-corrected chi connectivity index (χ4v) is 5.61. The van der Waals surface area contributed by atoms with E-state index in [-0.39, 0.29) is 36.5 Å². The van der Waals surface area contributed by atoms with Gasteiger partial charge >= 0.3 is 11.9 Å². The largest absolute Gasteiger partial charge is 0.462 e. The van der Waals surface area contributed by atoms with E-state index in [1.807, 2.05) is 0 Å². The van der Waals surface area contributed by atoms with E-state index in [0.717, 1.165) is 25.7 Å². The second-order valence-corrected chi connectivity index (χ2v) is 10.0. The highest BCUT2D eigenvalue weighted by atomic mass is 16.6. The van der Waals surface area contributed by atoms with E-state index in [1.165, 1.54) is 0 Å². The van der Waals surface area contributed by atoms with Crippen molar-refractivity contribution in [3.05, 3.63) is 12.2 Å². The van der Waals surface area contributed by atoms with Crippen molar-refractivity contribution in [1.82, 2.24) is 0 Å². The lowest BCUT2D eigenvalue weighted by atomic mass is 9.60. The van der Waals surface area contributed by atoms with Gasteiger partial charge in [0.1, 0.15) is 12.2 Å². The summed E-state index contributed by atoms with van der Waals surface area (Å²) in [5.41, 5.74) is 0. The van der Waals surface area contributed by atoms with Crippen molar-refractivity contribution in [2.45, 2.75) is 90.6 Å². The topological polar surface area (TPSA) is 93.1 Å². The summed E-state index contributed by atoms with van der Waals surface area (Å²) in [7, 11) is 0. The lowest BCUT2D eigenvalue weighted by molar-refractivity contribution is -0.168. The number of allylic oxidation sites excluding steroid dienone is 2. The maximum atomic E-state index is 12.6. The smallest absolute Gasteiger partial charge is 0.311 e. The number of carbonyl (C=O) groups excluding carboxylic acids is 2. The Morgan fingerprint density at radius 1 is 1.20 bits per heavy atom. The monoisotopic (exact) mass is 422 g/mol. The van der Waals surface area contributed by atoms with E-state index in [4.69, 9.17) is 9.47 Å². The summed E-state index contributed by atoms with van der Waals surface area (Å²) >= 11 is 0. The van der Waals surface area contributed by atoms with Gasteiger partial charge in [-0.2, -0.15) is 0 Å². The average molecular weight is 423 g/mol. The van der Waals surface area contributed by atoms with Gasteiger partial charge in [0.25, 0.3) is 0 Å². The molecular weight excluding hydrogens is 384 g/mol.